The van der Waals surface area contributed by atoms with E-state index in [1.165, 1.54) is 16.4 Å². The first kappa shape index (κ1) is 19.3. The van der Waals surface area contributed by atoms with Gasteiger partial charge in [0.2, 0.25) is 11.1 Å². The molecule has 0 saturated heterocycles. The van der Waals surface area contributed by atoms with Crippen molar-refractivity contribution < 1.29 is 4.79 Å². The molecule has 3 rings (SSSR count). The summed E-state index contributed by atoms with van der Waals surface area (Å²) in [6.45, 7) is 0. The number of amides is 1. The van der Waals surface area contributed by atoms with E-state index in [1.807, 2.05) is 24.3 Å². The van der Waals surface area contributed by atoms with Gasteiger partial charge in [0.1, 0.15) is 0 Å². The molecule has 134 valence electrons. The second kappa shape index (κ2) is 8.47. The summed E-state index contributed by atoms with van der Waals surface area (Å²) in [6, 6.07) is 12.5. The van der Waals surface area contributed by atoms with Crippen LogP contribution in [-0.4, -0.2) is 26.5 Å². The van der Waals surface area contributed by atoms with Crippen LogP contribution in [0.15, 0.2) is 47.6 Å². The molecule has 0 spiro atoms. The number of nitrogens with one attached hydrogen (secondary N) is 1. The van der Waals surface area contributed by atoms with Gasteiger partial charge in [-0.15, -0.1) is 10.2 Å². The molecule has 0 aliphatic carbocycles. The monoisotopic (exact) mass is 519 g/mol. The summed E-state index contributed by atoms with van der Waals surface area (Å²) in [4.78, 5) is 12.1. The highest BCUT2D eigenvalue weighted by atomic mass is 127. The fourth-order valence-corrected chi connectivity index (χ4v) is 3.60. The van der Waals surface area contributed by atoms with Crippen LogP contribution in [0.2, 0.25) is 10.0 Å². The number of hydrogen-bond donors (Lipinski definition) is 2. The molecule has 3 N–H and O–H groups in total. The van der Waals surface area contributed by atoms with Crippen molar-refractivity contribution in [3.05, 3.63) is 56.1 Å². The lowest BCUT2D eigenvalue weighted by atomic mass is 10.2. The Labute approximate surface area is 177 Å². The van der Waals surface area contributed by atoms with Crippen LogP contribution in [0.4, 0.5) is 5.69 Å². The third kappa shape index (κ3) is 4.61. The number of nitrogens with zero attached hydrogens (tertiary/aromatic N) is 3. The van der Waals surface area contributed by atoms with Crippen molar-refractivity contribution in [1.82, 2.24) is 14.9 Å². The van der Waals surface area contributed by atoms with E-state index in [9.17, 15) is 4.79 Å². The van der Waals surface area contributed by atoms with Gasteiger partial charge in [-0.25, -0.2) is 4.68 Å². The van der Waals surface area contributed by atoms with Crippen LogP contribution >= 0.6 is 57.6 Å². The summed E-state index contributed by atoms with van der Waals surface area (Å²) >= 11 is 15.5. The van der Waals surface area contributed by atoms with Crippen molar-refractivity contribution in [2.45, 2.75) is 5.16 Å². The predicted octanol–water partition coefficient (Wildman–Crippen LogP) is 4.30. The van der Waals surface area contributed by atoms with Crippen molar-refractivity contribution >= 4 is 69.1 Å². The van der Waals surface area contributed by atoms with Gasteiger partial charge in [-0.2, -0.15) is 0 Å². The van der Waals surface area contributed by atoms with Gasteiger partial charge < -0.3 is 11.2 Å². The summed E-state index contributed by atoms with van der Waals surface area (Å²) in [5.41, 5.74) is 1.35. The third-order valence-corrected chi connectivity index (χ3v) is 5.51. The molecule has 0 saturated carbocycles. The average molecular weight is 520 g/mol. The number of nitrogen functional groups attached to an aromatic ring is 1. The molecule has 2 aromatic carbocycles. The zero-order chi connectivity index (χ0) is 18.7. The van der Waals surface area contributed by atoms with Gasteiger partial charge in [0, 0.05) is 19.8 Å². The highest BCUT2D eigenvalue weighted by Gasteiger charge is 2.16. The molecule has 0 radical (unpaired) electrons. The van der Waals surface area contributed by atoms with E-state index in [0.29, 0.717) is 26.6 Å². The Bertz CT molecular complexity index is 948. The Kier molecular flexibility index (Phi) is 6.28. The lowest BCUT2D eigenvalue weighted by molar-refractivity contribution is -0.113. The molecule has 1 amide bonds. The van der Waals surface area contributed by atoms with E-state index >= 15 is 0 Å². The molecule has 6 nitrogen and oxygen atoms in total. The number of anilines is 1. The van der Waals surface area contributed by atoms with Crippen molar-refractivity contribution in [3.63, 3.8) is 0 Å². The Hall–Kier alpha value is -1.49. The topological polar surface area (TPSA) is 85.8 Å². The van der Waals surface area contributed by atoms with Gasteiger partial charge in [-0.05, 0) is 65.1 Å². The maximum atomic E-state index is 12.1. The summed E-state index contributed by atoms with van der Waals surface area (Å²) in [5, 5.41) is 12.2. The van der Waals surface area contributed by atoms with E-state index in [1.54, 1.807) is 18.2 Å². The van der Waals surface area contributed by atoms with Crippen molar-refractivity contribution in [2.24, 2.45) is 0 Å². The first-order chi connectivity index (χ1) is 12.4. The second-order valence-electron chi connectivity index (χ2n) is 5.14. The van der Waals surface area contributed by atoms with Crippen LogP contribution in [-0.2, 0) is 4.79 Å². The maximum Gasteiger partial charge on any atom is 0.234 e. The zero-order valence-corrected chi connectivity index (χ0v) is 17.6. The fourth-order valence-electron chi connectivity index (χ4n) is 2.09. The quantitative estimate of drug-likeness (QED) is 0.298. The normalized spacial score (nSPS) is 10.7. The van der Waals surface area contributed by atoms with Crippen molar-refractivity contribution in [3.8, 4) is 11.4 Å². The van der Waals surface area contributed by atoms with E-state index in [-0.39, 0.29) is 11.7 Å². The van der Waals surface area contributed by atoms with Crippen LogP contribution in [0.3, 0.4) is 0 Å². The molecule has 10 heteroatoms. The third-order valence-electron chi connectivity index (χ3n) is 3.30. The van der Waals surface area contributed by atoms with Gasteiger partial charge in [0.15, 0.2) is 5.82 Å². The predicted molar refractivity (Wildman–Crippen MR) is 114 cm³/mol. The average Bonchev–Trinajstić information content (AvgIpc) is 2.96. The molecular weight excluding hydrogens is 508 g/mol. The van der Waals surface area contributed by atoms with Crippen LogP contribution in [0.25, 0.3) is 11.4 Å². The molecule has 0 atom stereocenters. The first-order valence-electron chi connectivity index (χ1n) is 7.28. The largest absolute Gasteiger partial charge is 0.335 e. The van der Waals surface area contributed by atoms with Crippen LogP contribution in [0.1, 0.15) is 0 Å². The molecule has 0 unspecified atom stereocenters. The first-order valence-corrected chi connectivity index (χ1v) is 10.1. The lowest BCUT2D eigenvalue weighted by Crippen LogP contribution is -2.16. The number of carbonyl (C=O) groups is 1. The number of rotatable bonds is 5. The number of benzene rings is 2. The fraction of sp³-hybridized carbons (Fsp3) is 0.0625. The zero-order valence-electron chi connectivity index (χ0n) is 13.1. The minimum absolute atomic E-state index is 0.148. The van der Waals surface area contributed by atoms with Gasteiger partial charge >= 0.3 is 0 Å². The second-order valence-corrected chi connectivity index (χ2v) is 8.18. The van der Waals surface area contributed by atoms with Crippen LogP contribution in [0, 0.1) is 3.57 Å². The minimum Gasteiger partial charge on any atom is -0.335 e. The molecular formula is C16H12Cl2IN5OS. The van der Waals surface area contributed by atoms with Crippen LogP contribution < -0.4 is 11.2 Å². The standard InChI is InChI=1S/C16H12Cl2IN5OS/c17-9-1-6-12(13(18)7-9)15-22-23-16(24(15)20)26-8-14(25)21-11-4-2-10(19)3-5-11/h1-7H,8,20H2,(H,21,25). The maximum absolute atomic E-state index is 12.1. The summed E-state index contributed by atoms with van der Waals surface area (Å²) < 4.78 is 2.40. The Morgan fingerprint density at radius 2 is 1.92 bits per heavy atom. The molecule has 0 fully saturated rings. The molecule has 0 aliphatic heterocycles. The van der Waals surface area contributed by atoms with Crippen molar-refractivity contribution in [1.29, 1.82) is 0 Å². The SMILES string of the molecule is Nn1c(SCC(=O)Nc2ccc(I)cc2)nnc1-c1ccc(Cl)cc1Cl. The Balaban J connectivity index is 1.66. The van der Waals surface area contributed by atoms with Crippen LogP contribution in [0.5, 0.6) is 0 Å². The number of thioether (sulfide) groups is 1. The van der Waals surface area contributed by atoms with E-state index in [0.717, 1.165) is 9.26 Å². The van der Waals surface area contributed by atoms with Gasteiger partial charge in [0.25, 0.3) is 0 Å². The summed E-state index contributed by atoms with van der Waals surface area (Å²) in [7, 11) is 0. The Morgan fingerprint density at radius 3 is 2.62 bits per heavy atom. The van der Waals surface area contributed by atoms with Crippen molar-refractivity contribution in [2.75, 3.05) is 16.9 Å². The smallest absolute Gasteiger partial charge is 0.234 e. The highest BCUT2D eigenvalue weighted by Crippen LogP contribution is 2.30. The highest BCUT2D eigenvalue weighted by molar-refractivity contribution is 14.1. The molecule has 0 bridgehead atoms. The minimum atomic E-state index is -0.162. The number of aromatic nitrogens is 3. The number of nitrogens with two attached hydrogens (primary N) is 1. The summed E-state index contributed by atoms with van der Waals surface area (Å²) in [6.07, 6.45) is 0. The molecule has 3 aromatic rings. The van der Waals surface area contributed by atoms with Gasteiger partial charge in [0.05, 0.1) is 10.8 Å². The molecule has 0 aliphatic rings. The van der Waals surface area contributed by atoms with E-state index < -0.39 is 0 Å². The number of halogens is 3. The molecule has 1 aromatic heterocycles. The Morgan fingerprint density at radius 1 is 1.19 bits per heavy atom. The van der Waals surface area contributed by atoms with E-state index in [2.05, 4.69) is 38.1 Å². The molecule has 26 heavy (non-hydrogen) atoms. The number of hydrogen-bond acceptors (Lipinski definition) is 5. The van der Waals surface area contributed by atoms with Gasteiger partial charge in [-0.3, -0.25) is 4.79 Å². The molecule has 1 heterocycles. The number of carbonyl (C=O) groups excluding carboxylic acids is 1. The van der Waals surface area contributed by atoms with E-state index in [4.69, 9.17) is 29.0 Å². The summed E-state index contributed by atoms with van der Waals surface area (Å²) in [5.74, 6) is 6.43. The lowest BCUT2D eigenvalue weighted by Gasteiger charge is -2.06. The van der Waals surface area contributed by atoms with Gasteiger partial charge in [-0.1, -0.05) is 35.0 Å².